The molecule has 1 rings (SSSR count). The first-order valence-electron chi connectivity index (χ1n) is 3.42. The molecule has 0 spiro atoms. The first kappa shape index (κ1) is 10.6. The van der Waals surface area contributed by atoms with Crippen molar-refractivity contribution in [3.8, 4) is 0 Å². The van der Waals surface area contributed by atoms with E-state index in [2.05, 4.69) is 4.98 Å². The minimum Gasteiger partial charge on any atom is -0.383 e. The molecule has 0 aliphatic rings. The molecule has 1 aromatic rings. The molecule has 0 saturated heterocycles. The van der Waals surface area contributed by atoms with Crippen molar-refractivity contribution >= 4 is 21.4 Å². The van der Waals surface area contributed by atoms with E-state index < -0.39 is 15.6 Å². The summed E-state index contributed by atoms with van der Waals surface area (Å²) in [6.45, 7) is 3.05. The molecular formula is C6H10N2O3S2. The lowest BCUT2D eigenvalue weighted by Crippen LogP contribution is -2.17. The summed E-state index contributed by atoms with van der Waals surface area (Å²) in [7, 11) is -3.75. The largest absolute Gasteiger partial charge is 0.383 e. The Labute approximate surface area is 80.3 Å². The van der Waals surface area contributed by atoms with E-state index in [1.54, 1.807) is 0 Å². The Morgan fingerprint density at radius 1 is 1.62 bits per heavy atom. The lowest BCUT2D eigenvalue weighted by atomic mass is 10.2. The van der Waals surface area contributed by atoms with Crippen LogP contribution in [0.4, 0.5) is 0 Å². The fraction of sp³-hybridized carbons (Fsp3) is 0.500. The van der Waals surface area contributed by atoms with Gasteiger partial charge in [0, 0.05) is 5.38 Å². The lowest BCUT2D eigenvalue weighted by Gasteiger charge is -2.12. The van der Waals surface area contributed by atoms with Gasteiger partial charge in [-0.15, -0.1) is 11.3 Å². The molecule has 1 heterocycles. The maximum atomic E-state index is 10.8. The molecule has 0 saturated carbocycles. The minimum atomic E-state index is -3.75. The van der Waals surface area contributed by atoms with Crippen molar-refractivity contribution in [2.45, 2.75) is 24.5 Å². The van der Waals surface area contributed by atoms with Gasteiger partial charge in [-0.2, -0.15) is 0 Å². The molecule has 13 heavy (non-hydrogen) atoms. The topological polar surface area (TPSA) is 93.3 Å². The van der Waals surface area contributed by atoms with Gasteiger partial charge in [0.05, 0.1) is 0 Å². The maximum absolute atomic E-state index is 10.8. The Kier molecular flexibility index (Phi) is 2.46. The number of nitrogens with two attached hydrogens (primary N) is 1. The van der Waals surface area contributed by atoms with Crippen molar-refractivity contribution < 1.29 is 13.5 Å². The smallest absolute Gasteiger partial charge is 0.256 e. The number of aliphatic hydroxyl groups is 1. The quantitative estimate of drug-likeness (QED) is 0.737. The zero-order chi connectivity index (χ0) is 10.3. The molecule has 7 heteroatoms. The zero-order valence-electron chi connectivity index (χ0n) is 7.18. The molecule has 74 valence electrons. The highest BCUT2D eigenvalue weighted by atomic mass is 32.2. The van der Waals surface area contributed by atoms with Crippen LogP contribution in [0.3, 0.4) is 0 Å². The lowest BCUT2D eigenvalue weighted by molar-refractivity contribution is 0.0778. The van der Waals surface area contributed by atoms with E-state index >= 15 is 0 Å². The van der Waals surface area contributed by atoms with Gasteiger partial charge in [-0.1, -0.05) is 0 Å². The standard InChI is InChI=1S/C6H10N2O3S2/c1-6(2,9)5-8-4(3-12-5)13(7,10)11/h3,9H,1-2H3,(H2,7,10,11). The molecule has 0 unspecified atom stereocenters. The molecule has 1 aromatic heterocycles. The molecule has 0 fully saturated rings. The van der Waals surface area contributed by atoms with Crippen molar-refractivity contribution in [1.29, 1.82) is 0 Å². The molecule has 0 aliphatic carbocycles. The van der Waals surface area contributed by atoms with Gasteiger partial charge >= 0.3 is 0 Å². The first-order chi connectivity index (χ1) is 5.71. The summed E-state index contributed by atoms with van der Waals surface area (Å²) in [4.78, 5) is 3.71. The highest BCUT2D eigenvalue weighted by Gasteiger charge is 2.22. The normalized spacial score (nSPS) is 13.2. The van der Waals surface area contributed by atoms with Gasteiger partial charge in [0.2, 0.25) is 0 Å². The van der Waals surface area contributed by atoms with Crippen molar-refractivity contribution in [2.24, 2.45) is 5.14 Å². The van der Waals surface area contributed by atoms with Crippen LogP contribution < -0.4 is 5.14 Å². The Balaban J connectivity index is 3.16. The maximum Gasteiger partial charge on any atom is 0.256 e. The Hall–Kier alpha value is -0.500. The van der Waals surface area contributed by atoms with E-state index in [9.17, 15) is 13.5 Å². The molecule has 0 bridgehead atoms. The number of aromatic nitrogens is 1. The average molecular weight is 222 g/mol. The summed E-state index contributed by atoms with van der Waals surface area (Å²) < 4.78 is 21.6. The van der Waals surface area contributed by atoms with Crippen LogP contribution in [0, 0.1) is 0 Å². The van der Waals surface area contributed by atoms with Gasteiger partial charge in [0.25, 0.3) is 10.0 Å². The highest BCUT2D eigenvalue weighted by molar-refractivity contribution is 7.89. The van der Waals surface area contributed by atoms with E-state index in [-0.39, 0.29) is 5.03 Å². The number of primary sulfonamides is 1. The average Bonchev–Trinajstić information content (AvgIpc) is 2.28. The SMILES string of the molecule is CC(C)(O)c1nc(S(N)(=O)=O)cs1. The monoisotopic (exact) mass is 222 g/mol. The summed E-state index contributed by atoms with van der Waals surface area (Å²) in [6.07, 6.45) is 0. The zero-order valence-corrected chi connectivity index (χ0v) is 8.82. The summed E-state index contributed by atoms with van der Waals surface area (Å²) in [6, 6.07) is 0. The van der Waals surface area contributed by atoms with Gasteiger partial charge in [-0.25, -0.2) is 18.5 Å². The molecule has 0 aliphatic heterocycles. The summed E-state index contributed by atoms with van der Waals surface area (Å²) in [5.74, 6) is 0. The highest BCUT2D eigenvalue weighted by Crippen LogP contribution is 2.24. The Morgan fingerprint density at radius 3 is 2.38 bits per heavy atom. The van der Waals surface area contributed by atoms with Gasteiger partial charge in [-0.05, 0) is 13.8 Å². The van der Waals surface area contributed by atoms with Crippen molar-refractivity contribution in [1.82, 2.24) is 4.98 Å². The van der Waals surface area contributed by atoms with E-state index in [1.807, 2.05) is 0 Å². The second kappa shape index (κ2) is 3.02. The molecule has 0 radical (unpaired) electrons. The number of nitrogens with zero attached hydrogens (tertiary/aromatic N) is 1. The van der Waals surface area contributed by atoms with Gasteiger partial charge in [0.15, 0.2) is 5.03 Å². The van der Waals surface area contributed by atoms with E-state index in [4.69, 9.17) is 5.14 Å². The fourth-order valence-electron chi connectivity index (χ4n) is 0.671. The van der Waals surface area contributed by atoms with Crippen LogP contribution in [0.15, 0.2) is 10.4 Å². The van der Waals surface area contributed by atoms with E-state index in [1.165, 1.54) is 19.2 Å². The van der Waals surface area contributed by atoms with Crippen LogP contribution in [-0.4, -0.2) is 18.5 Å². The Bertz CT molecular complexity index is 402. The number of thiazole rings is 1. The van der Waals surface area contributed by atoms with Crippen LogP contribution in [0.2, 0.25) is 0 Å². The third-order valence-electron chi connectivity index (χ3n) is 1.30. The van der Waals surface area contributed by atoms with Gasteiger partial charge < -0.3 is 5.11 Å². The molecule has 0 atom stereocenters. The Morgan fingerprint density at radius 2 is 2.15 bits per heavy atom. The summed E-state index contributed by atoms with van der Waals surface area (Å²) in [5, 5.41) is 15.8. The minimum absolute atomic E-state index is 0.199. The number of sulfonamides is 1. The van der Waals surface area contributed by atoms with Gasteiger partial charge in [-0.3, -0.25) is 0 Å². The second-order valence-electron chi connectivity index (χ2n) is 3.09. The van der Waals surface area contributed by atoms with Gasteiger partial charge in [0.1, 0.15) is 10.6 Å². The third-order valence-corrected chi connectivity index (χ3v) is 3.39. The van der Waals surface area contributed by atoms with E-state index in [0.29, 0.717) is 5.01 Å². The number of hydrogen-bond donors (Lipinski definition) is 2. The molecular weight excluding hydrogens is 212 g/mol. The molecule has 5 nitrogen and oxygen atoms in total. The molecule has 0 amide bonds. The summed E-state index contributed by atoms with van der Waals surface area (Å²) in [5.41, 5.74) is -1.13. The van der Waals surface area contributed by atoms with Crippen molar-refractivity contribution in [2.75, 3.05) is 0 Å². The predicted octanol–water partition coefficient (Wildman–Crippen LogP) is 0.0179. The van der Waals surface area contributed by atoms with Crippen LogP contribution in [-0.2, 0) is 15.6 Å². The van der Waals surface area contributed by atoms with Crippen molar-refractivity contribution in [3.63, 3.8) is 0 Å². The van der Waals surface area contributed by atoms with Crippen LogP contribution >= 0.6 is 11.3 Å². The van der Waals surface area contributed by atoms with E-state index in [0.717, 1.165) is 11.3 Å². The van der Waals surface area contributed by atoms with Crippen LogP contribution in [0.1, 0.15) is 18.9 Å². The fourth-order valence-corrected chi connectivity index (χ4v) is 2.33. The third kappa shape index (κ3) is 2.47. The molecule has 3 N–H and O–H groups in total. The second-order valence-corrected chi connectivity index (χ2v) is 5.46. The number of rotatable bonds is 2. The van der Waals surface area contributed by atoms with Crippen LogP contribution in [0.25, 0.3) is 0 Å². The van der Waals surface area contributed by atoms with Crippen LogP contribution in [0.5, 0.6) is 0 Å². The predicted molar refractivity (Wildman–Crippen MR) is 48.7 cm³/mol. The van der Waals surface area contributed by atoms with Crippen molar-refractivity contribution in [3.05, 3.63) is 10.4 Å². The first-order valence-corrected chi connectivity index (χ1v) is 5.85. The number of hydrogen-bond acceptors (Lipinski definition) is 5. The molecule has 0 aromatic carbocycles. The summed E-state index contributed by atoms with van der Waals surface area (Å²) >= 11 is 1.06.